The molecule has 0 saturated carbocycles. The van der Waals surface area contributed by atoms with Crippen molar-refractivity contribution in [3.8, 4) is 5.75 Å². The number of aromatic nitrogens is 1. The molecule has 0 spiro atoms. The van der Waals surface area contributed by atoms with Gasteiger partial charge in [0.15, 0.2) is 5.75 Å². The van der Waals surface area contributed by atoms with Crippen LogP contribution in [-0.4, -0.2) is 28.1 Å². The van der Waals surface area contributed by atoms with Gasteiger partial charge in [0.1, 0.15) is 5.52 Å². The number of pyridine rings is 1. The molecule has 0 amide bonds. The lowest BCUT2D eigenvalue weighted by Crippen LogP contribution is -2.29. The van der Waals surface area contributed by atoms with Gasteiger partial charge < -0.3 is 5.11 Å². The second kappa shape index (κ2) is 5.76. The van der Waals surface area contributed by atoms with Gasteiger partial charge in [-0.2, -0.15) is 0 Å². The van der Waals surface area contributed by atoms with Crippen molar-refractivity contribution in [3.63, 3.8) is 0 Å². The van der Waals surface area contributed by atoms with Crippen LogP contribution in [0.25, 0.3) is 10.9 Å². The lowest BCUT2D eigenvalue weighted by atomic mass is 10.1. The molecule has 2 heterocycles. The molecule has 1 aliphatic rings. The van der Waals surface area contributed by atoms with Gasteiger partial charge in [0.2, 0.25) is 0 Å². The highest BCUT2D eigenvalue weighted by molar-refractivity contribution is 6.39. The van der Waals surface area contributed by atoms with Gasteiger partial charge in [-0.05, 0) is 44.1 Å². The van der Waals surface area contributed by atoms with E-state index in [2.05, 4.69) is 9.88 Å². The Morgan fingerprint density at radius 1 is 1.10 bits per heavy atom. The summed E-state index contributed by atoms with van der Waals surface area (Å²) in [5.41, 5.74) is 1.42. The third-order valence-corrected chi connectivity index (χ3v) is 4.35. The molecule has 1 aliphatic heterocycles. The average Bonchev–Trinajstić information content (AvgIpc) is 2.46. The zero-order valence-electron chi connectivity index (χ0n) is 11.1. The van der Waals surface area contributed by atoms with Crippen LogP contribution in [0.3, 0.4) is 0 Å². The maximum absolute atomic E-state index is 10.0. The summed E-state index contributed by atoms with van der Waals surface area (Å²) in [4.78, 5) is 6.92. The van der Waals surface area contributed by atoms with Crippen LogP contribution in [0.2, 0.25) is 10.0 Å². The SMILES string of the molecule is Oc1c(Cl)cc(Cl)c2ccc(CN3CCCCC3)nc12. The number of benzene rings is 1. The van der Waals surface area contributed by atoms with E-state index in [4.69, 9.17) is 23.2 Å². The van der Waals surface area contributed by atoms with Crippen molar-refractivity contribution in [2.45, 2.75) is 25.8 Å². The highest BCUT2D eigenvalue weighted by Gasteiger charge is 2.14. The van der Waals surface area contributed by atoms with Gasteiger partial charge in [-0.15, -0.1) is 0 Å². The molecule has 5 heteroatoms. The fraction of sp³-hybridized carbons (Fsp3) is 0.400. The standard InChI is InChI=1S/C15H16Cl2N2O/c16-12-8-13(17)15(20)14-11(12)5-4-10(18-14)9-19-6-2-1-3-7-19/h4-5,8,20H,1-3,6-7,9H2. The minimum atomic E-state index is 0.00607. The monoisotopic (exact) mass is 310 g/mol. The van der Waals surface area contributed by atoms with E-state index < -0.39 is 0 Å². The summed E-state index contributed by atoms with van der Waals surface area (Å²) in [7, 11) is 0. The minimum Gasteiger partial charge on any atom is -0.504 e. The number of piperidine rings is 1. The fourth-order valence-corrected chi connectivity index (χ4v) is 3.19. The Labute approximate surface area is 128 Å². The van der Waals surface area contributed by atoms with Gasteiger partial charge in [0.05, 0.1) is 15.7 Å². The van der Waals surface area contributed by atoms with Crippen molar-refractivity contribution in [2.24, 2.45) is 0 Å². The van der Waals surface area contributed by atoms with Crippen LogP contribution in [0, 0.1) is 0 Å². The molecule has 0 radical (unpaired) electrons. The molecule has 1 aromatic carbocycles. The summed E-state index contributed by atoms with van der Waals surface area (Å²) in [5.74, 6) is 0.00607. The molecule has 0 bridgehead atoms. The molecular formula is C15H16Cl2N2O. The average molecular weight is 311 g/mol. The first-order chi connectivity index (χ1) is 9.65. The maximum atomic E-state index is 10.0. The lowest BCUT2D eigenvalue weighted by Gasteiger charge is -2.26. The second-order valence-corrected chi connectivity index (χ2v) is 6.04. The highest BCUT2D eigenvalue weighted by atomic mass is 35.5. The van der Waals surface area contributed by atoms with Crippen LogP contribution in [0.4, 0.5) is 0 Å². The summed E-state index contributed by atoms with van der Waals surface area (Å²) in [6.07, 6.45) is 3.81. The molecule has 20 heavy (non-hydrogen) atoms. The van der Waals surface area contributed by atoms with Crippen LogP contribution in [0.15, 0.2) is 18.2 Å². The van der Waals surface area contributed by atoms with Crippen LogP contribution in [0.1, 0.15) is 25.0 Å². The smallest absolute Gasteiger partial charge is 0.160 e. The van der Waals surface area contributed by atoms with Crippen LogP contribution < -0.4 is 0 Å². The first kappa shape index (κ1) is 13.9. The van der Waals surface area contributed by atoms with E-state index in [9.17, 15) is 5.11 Å². The first-order valence-electron chi connectivity index (χ1n) is 6.84. The number of rotatable bonds is 2. The van der Waals surface area contributed by atoms with Crippen molar-refractivity contribution < 1.29 is 5.11 Å². The fourth-order valence-electron chi connectivity index (χ4n) is 2.68. The topological polar surface area (TPSA) is 36.4 Å². The van der Waals surface area contributed by atoms with Crippen molar-refractivity contribution in [1.82, 2.24) is 9.88 Å². The molecule has 3 nitrogen and oxygen atoms in total. The predicted molar refractivity (Wildman–Crippen MR) is 82.6 cm³/mol. The van der Waals surface area contributed by atoms with Crippen molar-refractivity contribution in [1.29, 1.82) is 0 Å². The third-order valence-electron chi connectivity index (χ3n) is 3.75. The zero-order chi connectivity index (χ0) is 14.1. The van der Waals surface area contributed by atoms with E-state index >= 15 is 0 Å². The minimum absolute atomic E-state index is 0.00607. The van der Waals surface area contributed by atoms with Gasteiger partial charge in [-0.1, -0.05) is 29.6 Å². The quantitative estimate of drug-likeness (QED) is 0.901. The molecule has 3 rings (SSSR count). The summed E-state index contributed by atoms with van der Waals surface area (Å²) in [6, 6.07) is 5.42. The lowest BCUT2D eigenvalue weighted by molar-refractivity contribution is 0.218. The van der Waals surface area contributed by atoms with Crippen LogP contribution >= 0.6 is 23.2 Å². The van der Waals surface area contributed by atoms with E-state index in [1.807, 2.05) is 12.1 Å². The van der Waals surface area contributed by atoms with Gasteiger partial charge in [0.25, 0.3) is 0 Å². The zero-order valence-corrected chi connectivity index (χ0v) is 12.6. The Kier molecular flexibility index (Phi) is 4.01. The van der Waals surface area contributed by atoms with E-state index in [0.717, 1.165) is 30.7 Å². The summed E-state index contributed by atoms with van der Waals surface area (Å²) in [5, 5.41) is 11.5. The molecule has 1 saturated heterocycles. The predicted octanol–water partition coefficient (Wildman–Crippen LogP) is 4.23. The Bertz CT molecular complexity index is 639. The summed E-state index contributed by atoms with van der Waals surface area (Å²) < 4.78 is 0. The van der Waals surface area contributed by atoms with Crippen LogP contribution in [-0.2, 0) is 6.54 Å². The Morgan fingerprint density at radius 2 is 1.85 bits per heavy atom. The number of aromatic hydroxyl groups is 1. The van der Waals surface area contributed by atoms with E-state index in [1.54, 1.807) is 6.07 Å². The van der Waals surface area contributed by atoms with E-state index in [1.165, 1.54) is 19.3 Å². The molecule has 106 valence electrons. The van der Waals surface area contributed by atoms with Gasteiger partial charge in [0, 0.05) is 11.9 Å². The number of fused-ring (bicyclic) bond motifs is 1. The highest BCUT2D eigenvalue weighted by Crippen LogP contribution is 2.36. The number of phenols is 1. The van der Waals surface area contributed by atoms with Crippen LogP contribution in [0.5, 0.6) is 5.75 Å². The number of hydrogen-bond acceptors (Lipinski definition) is 3. The molecule has 0 unspecified atom stereocenters. The molecule has 1 aromatic heterocycles. The van der Waals surface area contributed by atoms with E-state index in [-0.39, 0.29) is 10.8 Å². The van der Waals surface area contributed by atoms with Gasteiger partial charge >= 0.3 is 0 Å². The number of likely N-dealkylation sites (tertiary alicyclic amines) is 1. The van der Waals surface area contributed by atoms with Crippen molar-refractivity contribution in [2.75, 3.05) is 13.1 Å². The Morgan fingerprint density at radius 3 is 2.60 bits per heavy atom. The molecule has 0 atom stereocenters. The third kappa shape index (κ3) is 2.71. The molecule has 1 N–H and O–H groups in total. The van der Waals surface area contributed by atoms with Gasteiger partial charge in [-0.25, -0.2) is 4.98 Å². The first-order valence-corrected chi connectivity index (χ1v) is 7.59. The Balaban J connectivity index is 1.95. The van der Waals surface area contributed by atoms with Crippen molar-refractivity contribution >= 4 is 34.1 Å². The largest absolute Gasteiger partial charge is 0.504 e. The second-order valence-electron chi connectivity index (χ2n) is 5.22. The Hall–Kier alpha value is -1.03. The number of halogens is 2. The number of hydrogen-bond donors (Lipinski definition) is 1. The normalized spacial score (nSPS) is 16.7. The summed E-state index contributed by atoms with van der Waals surface area (Å²) in [6.45, 7) is 3.03. The number of phenolic OH excluding ortho intramolecular Hbond substituents is 1. The maximum Gasteiger partial charge on any atom is 0.160 e. The summed E-state index contributed by atoms with van der Waals surface area (Å²) >= 11 is 12.1. The van der Waals surface area contributed by atoms with E-state index in [0.29, 0.717) is 10.5 Å². The molecule has 1 fully saturated rings. The molecular weight excluding hydrogens is 295 g/mol. The van der Waals surface area contributed by atoms with Crippen molar-refractivity contribution in [3.05, 3.63) is 33.9 Å². The number of nitrogens with zero attached hydrogens (tertiary/aromatic N) is 2. The molecule has 2 aromatic rings. The molecule has 0 aliphatic carbocycles. The van der Waals surface area contributed by atoms with Gasteiger partial charge in [-0.3, -0.25) is 4.90 Å².